The molecule has 0 aliphatic carbocycles. The molecule has 142 valence electrons. The van der Waals surface area contributed by atoms with Gasteiger partial charge in [-0.3, -0.25) is 4.79 Å². The maximum Gasteiger partial charge on any atom is 0.244 e. The summed E-state index contributed by atoms with van der Waals surface area (Å²) in [5.41, 5.74) is 1.15. The van der Waals surface area contributed by atoms with Crippen LogP contribution in [-0.2, 0) is 4.79 Å². The van der Waals surface area contributed by atoms with Crippen molar-refractivity contribution in [2.75, 3.05) is 44.2 Å². The summed E-state index contributed by atoms with van der Waals surface area (Å²) in [4.78, 5) is 20.9. The van der Waals surface area contributed by atoms with Crippen LogP contribution in [0.2, 0.25) is 5.02 Å². The van der Waals surface area contributed by atoms with Gasteiger partial charge in [0.25, 0.3) is 0 Å². The Kier molecular flexibility index (Phi) is 6.61. The third-order valence-electron chi connectivity index (χ3n) is 4.88. The number of carbonyl (C=O) groups is 1. The standard InChI is InChI=1S/C19H28ClN5O/c1-2-21-19(22-13-18(26)24-9-3-4-10-24)23-16-8-11-25(14-16)17-7-5-6-15(20)12-17/h5-7,12,16H,2-4,8-11,13-14H2,1H3,(H2,21,22,23). The van der Waals surface area contributed by atoms with Crippen LogP contribution in [0.1, 0.15) is 26.2 Å². The summed E-state index contributed by atoms with van der Waals surface area (Å²) in [7, 11) is 0. The number of halogens is 1. The molecule has 3 rings (SSSR count). The minimum absolute atomic E-state index is 0.117. The lowest BCUT2D eigenvalue weighted by Gasteiger charge is -2.21. The van der Waals surface area contributed by atoms with E-state index in [4.69, 9.17) is 11.6 Å². The number of hydrogen-bond donors (Lipinski definition) is 2. The van der Waals surface area contributed by atoms with Crippen molar-refractivity contribution in [1.29, 1.82) is 0 Å². The largest absolute Gasteiger partial charge is 0.369 e. The van der Waals surface area contributed by atoms with E-state index in [1.54, 1.807) is 0 Å². The predicted octanol–water partition coefficient (Wildman–Crippen LogP) is 2.10. The van der Waals surface area contributed by atoms with Gasteiger partial charge in [0.1, 0.15) is 6.54 Å². The highest BCUT2D eigenvalue weighted by atomic mass is 35.5. The van der Waals surface area contributed by atoms with Crippen molar-refractivity contribution < 1.29 is 4.79 Å². The van der Waals surface area contributed by atoms with Crippen LogP contribution in [0.3, 0.4) is 0 Å². The Morgan fingerprint density at radius 2 is 2.12 bits per heavy atom. The minimum Gasteiger partial charge on any atom is -0.369 e. The number of benzene rings is 1. The van der Waals surface area contributed by atoms with Gasteiger partial charge in [-0.15, -0.1) is 0 Å². The summed E-state index contributed by atoms with van der Waals surface area (Å²) in [5.74, 6) is 0.838. The third-order valence-corrected chi connectivity index (χ3v) is 5.11. The minimum atomic E-state index is 0.117. The Labute approximate surface area is 160 Å². The molecule has 2 fully saturated rings. The summed E-state index contributed by atoms with van der Waals surface area (Å²) < 4.78 is 0. The van der Waals surface area contributed by atoms with Crippen molar-refractivity contribution in [3.05, 3.63) is 29.3 Å². The topological polar surface area (TPSA) is 60.0 Å². The summed E-state index contributed by atoms with van der Waals surface area (Å²) in [6, 6.07) is 8.26. The van der Waals surface area contributed by atoms with Crippen LogP contribution in [0.5, 0.6) is 0 Å². The van der Waals surface area contributed by atoms with Gasteiger partial charge in [-0.05, 0) is 44.4 Å². The smallest absolute Gasteiger partial charge is 0.244 e. The lowest BCUT2D eigenvalue weighted by Crippen LogP contribution is -2.45. The fourth-order valence-corrected chi connectivity index (χ4v) is 3.70. The van der Waals surface area contributed by atoms with Gasteiger partial charge in [0.15, 0.2) is 5.96 Å². The zero-order chi connectivity index (χ0) is 18.4. The second kappa shape index (κ2) is 9.12. The molecule has 2 aliphatic rings. The first-order valence-corrected chi connectivity index (χ1v) is 9.86. The van der Waals surface area contributed by atoms with Crippen molar-refractivity contribution in [2.24, 2.45) is 4.99 Å². The first kappa shape index (κ1) is 18.8. The number of hydrogen-bond acceptors (Lipinski definition) is 3. The lowest BCUT2D eigenvalue weighted by molar-refractivity contribution is -0.128. The highest BCUT2D eigenvalue weighted by Gasteiger charge is 2.24. The molecule has 0 saturated carbocycles. The maximum absolute atomic E-state index is 12.2. The molecule has 0 radical (unpaired) electrons. The van der Waals surface area contributed by atoms with Crippen LogP contribution in [0, 0.1) is 0 Å². The molecule has 26 heavy (non-hydrogen) atoms. The van der Waals surface area contributed by atoms with Gasteiger partial charge in [-0.1, -0.05) is 17.7 Å². The second-order valence-corrected chi connectivity index (χ2v) is 7.28. The number of rotatable bonds is 5. The van der Waals surface area contributed by atoms with E-state index in [0.717, 1.165) is 68.7 Å². The molecule has 2 N–H and O–H groups in total. The van der Waals surface area contributed by atoms with Crippen LogP contribution in [0.25, 0.3) is 0 Å². The number of amides is 1. The molecule has 2 aliphatic heterocycles. The molecule has 0 aromatic heterocycles. The lowest BCUT2D eigenvalue weighted by atomic mass is 10.3. The molecule has 1 atom stereocenters. The van der Waals surface area contributed by atoms with E-state index in [0.29, 0.717) is 6.04 Å². The van der Waals surface area contributed by atoms with Gasteiger partial charge in [-0.2, -0.15) is 0 Å². The number of anilines is 1. The normalized spacial score (nSPS) is 20.5. The van der Waals surface area contributed by atoms with E-state index in [2.05, 4.69) is 26.6 Å². The average Bonchev–Trinajstić information content (AvgIpc) is 3.31. The molecule has 2 saturated heterocycles. The molecule has 0 spiro atoms. The summed E-state index contributed by atoms with van der Waals surface area (Å²) in [6.45, 7) is 6.63. The van der Waals surface area contributed by atoms with Gasteiger partial charge < -0.3 is 20.4 Å². The van der Waals surface area contributed by atoms with Gasteiger partial charge in [-0.25, -0.2) is 4.99 Å². The van der Waals surface area contributed by atoms with Crippen molar-refractivity contribution in [3.63, 3.8) is 0 Å². The molecule has 1 aromatic rings. The summed E-state index contributed by atoms with van der Waals surface area (Å²) in [6.07, 6.45) is 3.24. The number of guanidine groups is 1. The SMILES string of the molecule is CCNC(=NCC(=O)N1CCCC1)NC1CCN(c2cccc(Cl)c2)C1. The van der Waals surface area contributed by atoms with Crippen LogP contribution < -0.4 is 15.5 Å². The second-order valence-electron chi connectivity index (χ2n) is 6.84. The molecular formula is C19H28ClN5O. The van der Waals surface area contributed by atoms with E-state index in [-0.39, 0.29) is 12.5 Å². The number of carbonyl (C=O) groups excluding carboxylic acids is 1. The quantitative estimate of drug-likeness (QED) is 0.609. The number of nitrogens with zero attached hydrogens (tertiary/aromatic N) is 3. The van der Waals surface area contributed by atoms with Crippen LogP contribution >= 0.6 is 11.6 Å². The summed E-state index contributed by atoms with van der Waals surface area (Å²) >= 11 is 6.10. The van der Waals surface area contributed by atoms with Gasteiger partial charge in [0, 0.05) is 49.5 Å². The van der Waals surface area contributed by atoms with Gasteiger partial charge in [0.2, 0.25) is 5.91 Å². The molecule has 7 heteroatoms. The van der Waals surface area contributed by atoms with Crippen LogP contribution in [0.4, 0.5) is 5.69 Å². The van der Waals surface area contributed by atoms with Crippen molar-refractivity contribution >= 4 is 29.2 Å². The molecule has 1 aromatic carbocycles. The first-order valence-electron chi connectivity index (χ1n) is 9.49. The molecule has 1 unspecified atom stereocenters. The third kappa shape index (κ3) is 5.04. The Morgan fingerprint density at radius 3 is 2.85 bits per heavy atom. The van der Waals surface area contributed by atoms with Gasteiger partial charge >= 0.3 is 0 Å². The number of nitrogens with one attached hydrogen (secondary N) is 2. The van der Waals surface area contributed by atoms with Crippen molar-refractivity contribution in [2.45, 2.75) is 32.2 Å². The molecule has 0 bridgehead atoms. The van der Waals surface area contributed by atoms with Crippen molar-refractivity contribution in [1.82, 2.24) is 15.5 Å². The average molecular weight is 378 g/mol. The zero-order valence-corrected chi connectivity index (χ0v) is 16.1. The Morgan fingerprint density at radius 1 is 1.31 bits per heavy atom. The van der Waals surface area contributed by atoms with E-state index in [1.165, 1.54) is 0 Å². The van der Waals surface area contributed by atoms with Crippen molar-refractivity contribution in [3.8, 4) is 0 Å². The predicted molar refractivity (Wildman–Crippen MR) is 107 cm³/mol. The fraction of sp³-hybridized carbons (Fsp3) is 0.579. The summed E-state index contributed by atoms with van der Waals surface area (Å²) in [5, 5.41) is 7.48. The van der Waals surface area contributed by atoms with E-state index >= 15 is 0 Å². The fourth-order valence-electron chi connectivity index (χ4n) is 3.51. The van der Waals surface area contributed by atoms with Crippen LogP contribution in [0.15, 0.2) is 29.3 Å². The molecule has 6 nitrogen and oxygen atoms in total. The van der Waals surface area contributed by atoms with E-state index < -0.39 is 0 Å². The van der Waals surface area contributed by atoms with E-state index in [1.807, 2.05) is 30.0 Å². The van der Waals surface area contributed by atoms with E-state index in [9.17, 15) is 4.79 Å². The Balaban J connectivity index is 1.54. The highest BCUT2D eigenvalue weighted by molar-refractivity contribution is 6.30. The van der Waals surface area contributed by atoms with Crippen LogP contribution in [-0.4, -0.2) is 62.1 Å². The van der Waals surface area contributed by atoms with Gasteiger partial charge in [0.05, 0.1) is 0 Å². The monoisotopic (exact) mass is 377 g/mol. The Bertz CT molecular complexity index is 645. The molecule has 2 heterocycles. The Hall–Kier alpha value is -1.95. The first-order chi connectivity index (χ1) is 12.7. The maximum atomic E-state index is 12.2. The zero-order valence-electron chi connectivity index (χ0n) is 15.4. The number of likely N-dealkylation sites (tertiary alicyclic amines) is 1. The number of aliphatic imine (C=N–C) groups is 1. The highest BCUT2D eigenvalue weighted by Crippen LogP contribution is 2.23. The molecule has 1 amide bonds. The molecular weight excluding hydrogens is 350 g/mol.